The summed E-state index contributed by atoms with van der Waals surface area (Å²) in [7, 11) is 0. The summed E-state index contributed by atoms with van der Waals surface area (Å²) >= 11 is 5.61. The number of amides is 1. The van der Waals surface area contributed by atoms with E-state index in [2.05, 4.69) is 12.1 Å². The molecule has 22 heavy (non-hydrogen) atoms. The number of likely N-dealkylation sites (tertiary alicyclic amines) is 1. The summed E-state index contributed by atoms with van der Waals surface area (Å²) < 4.78 is 5.88. The van der Waals surface area contributed by atoms with Gasteiger partial charge in [0.25, 0.3) is 0 Å². The molecule has 4 heteroatoms. The van der Waals surface area contributed by atoms with Crippen molar-refractivity contribution in [1.29, 1.82) is 0 Å². The van der Waals surface area contributed by atoms with Crippen molar-refractivity contribution in [2.45, 2.75) is 18.8 Å². The van der Waals surface area contributed by atoms with Gasteiger partial charge in [0.05, 0.1) is 0 Å². The second-order valence-corrected chi connectivity index (χ2v) is 5.85. The van der Waals surface area contributed by atoms with Crippen molar-refractivity contribution in [3.63, 3.8) is 0 Å². The first-order valence-corrected chi connectivity index (χ1v) is 7.87. The SMILES string of the molecule is O=C(Cl)N1CCCC(c2cccc(Oc3ccccc3)c2)C1. The number of hydrogen-bond acceptors (Lipinski definition) is 2. The van der Waals surface area contributed by atoms with Gasteiger partial charge in [-0.25, -0.2) is 0 Å². The summed E-state index contributed by atoms with van der Waals surface area (Å²) in [6.07, 6.45) is 2.04. The summed E-state index contributed by atoms with van der Waals surface area (Å²) in [5.41, 5.74) is 1.19. The fraction of sp³-hybridized carbons (Fsp3) is 0.278. The molecule has 1 amide bonds. The van der Waals surface area contributed by atoms with E-state index in [4.69, 9.17) is 16.3 Å². The maximum absolute atomic E-state index is 11.4. The second-order valence-electron chi connectivity index (χ2n) is 5.53. The molecule has 1 atom stereocenters. The van der Waals surface area contributed by atoms with Crippen molar-refractivity contribution < 1.29 is 9.53 Å². The van der Waals surface area contributed by atoms with Crippen LogP contribution in [0.2, 0.25) is 0 Å². The van der Waals surface area contributed by atoms with Gasteiger partial charge in [0, 0.05) is 19.0 Å². The fourth-order valence-electron chi connectivity index (χ4n) is 2.87. The first-order valence-electron chi connectivity index (χ1n) is 7.49. The fourth-order valence-corrected chi connectivity index (χ4v) is 3.02. The van der Waals surface area contributed by atoms with Gasteiger partial charge >= 0.3 is 5.37 Å². The molecule has 0 spiro atoms. The second kappa shape index (κ2) is 6.84. The number of rotatable bonds is 3. The highest BCUT2D eigenvalue weighted by Gasteiger charge is 2.23. The predicted octanol–water partition coefficient (Wildman–Crippen LogP) is 5.02. The van der Waals surface area contributed by atoms with Crippen LogP contribution in [-0.4, -0.2) is 23.4 Å². The number of halogens is 1. The lowest BCUT2D eigenvalue weighted by Crippen LogP contribution is -2.36. The van der Waals surface area contributed by atoms with Crippen molar-refractivity contribution in [1.82, 2.24) is 4.90 Å². The minimum Gasteiger partial charge on any atom is -0.457 e. The van der Waals surface area contributed by atoms with E-state index in [-0.39, 0.29) is 5.37 Å². The van der Waals surface area contributed by atoms with Gasteiger partial charge in [0.2, 0.25) is 0 Å². The van der Waals surface area contributed by atoms with E-state index in [0.717, 1.165) is 30.9 Å². The van der Waals surface area contributed by atoms with Crippen LogP contribution in [-0.2, 0) is 0 Å². The highest BCUT2D eigenvalue weighted by molar-refractivity contribution is 6.62. The van der Waals surface area contributed by atoms with Crippen LogP contribution in [0.4, 0.5) is 4.79 Å². The van der Waals surface area contributed by atoms with Gasteiger partial charge in [-0.2, -0.15) is 0 Å². The summed E-state index contributed by atoms with van der Waals surface area (Å²) in [4.78, 5) is 13.1. The minimum atomic E-state index is -0.360. The van der Waals surface area contributed by atoms with E-state index in [1.807, 2.05) is 42.5 Å². The molecule has 1 fully saturated rings. The van der Waals surface area contributed by atoms with E-state index in [1.165, 1.54) is 5.56 Å². The molecule has 114 valence electrons. The van der Waals surface area contributed by atoms with Gasteiger partial charge in [0.15, 0.2) is 0 Å². The Bertz CT molecular complexity index is 645. The molecule has 0 saturated carbocycles. The summed E-state index contributed by atoms with van der Waals surface area (Å²) in [6.45, 7) is 1.43. The van der Waals surface area contributed by atoms with Crippen LogP contribution in [0.5, 0.6) is 11.5 Å². The Morgan fingerprint density at radius 3 is 2.64 bits per heavy atom. The van der Waals surface area contributed by atoms with Crippen molar-refractivity contribution in [2.75, 3.05) is 13.1 Å². The number of para-hydroxylation sites is 1. The van der Waals surface area contributed by atoms with Crippen LogP contribution < -0.4 is 4.74 Å². The predicted molar refractivity (Wildman–Crippen MR) is 87.8 cm³/mol. The summed E-state index contributed by atoms with van der Waals surface area (Å²) in [5, 5.41) is -0.360. The molecular weight excluding hydrogens is 298 g/mol. The molecule has 0 aromatic heterocycles. The maximum atomic E-state index is 11.4. The van der Waals surface area contributed by atoms with Crippen molar-refractivity contribution in [3.8, 4) is 11.5 Å². The molecule has 1 unspecified atom stereocenters. The monoisotopic (exact) mass is 315 g/mol. The van der Waals surface area contributed by atoms with Crippen LogP contribution in [0.15, 0.2) is 54.6 Å². The third-order valence-electron chi connectivity index (χ3n) is 3.98. The Hall–Kier alpha value is -2.00. The number of nitrogens with zero attached hydrogens (tertiary/aromatic N) is 1. The zero-order chi connectivity index (χ0) is 15.4. The molecule has 3 rings (SSSR count). The normalized spacial score (nSPS) is 18.0. The van der Waals surface area contributed by atoms with Crippen LogP contribution in [0.3, 0.4) is 0 Å². The zero-order valence-corrected chi connectivity index (χ0v) is 13.0. The molecule has 1 saturated heterocycles. The Morgan fingerprint density at radius 2 is 1.86 bits per heavy atom. The molecule has 1 aliphatic heterocycles. The first-order chi connectivity index (χ1) is 10.7. The Kier molecular flexibility index (Phi) is 4.64. The molecule has 2 aromatic carbocycles. The van der Waals surface area contributed by atoms with Gasteiger partial charge in [-0.05, 0) is 54.3 Å². The average Bonchev–Trinajstić information content (AvgIpc) is 2.56. The number of carbonyl (C=O) groups is 1. The van der Waals surface area contributed by atoms with Gasteiger partial charge in [0.1, 0.15) is 11.5 Å². The van der Waals surface area contributed by atoms with Crippen LogP contribution in [0.25, 0.3) is 0 Å². The highest BCUT2D eigenvalue weighted by atomic mass is 35.5. The number of carbonyl (C=O) groups excluding carboxylic acids is 1. The Morgan fingerprint density at radius 1 is 1.09 bits per heavy atom. The Labute approximate surface area is 135 Å². The highest BCUT2D eigenvalue weighted by Crippen LogP contribution is 2.31. The van der Waals surface area contributed by atoms with Crippen molar-refractivity contribution >= 4 is 17.0 Å². The molecule has 3 nitrogen and oxygen atoms in total. The van der Waals surface area contributed by atoms with Crippen LogP contribution in [0.1, 0.15) is 24.3 Å². The number of ether oxygens (including phenoxy) is 1. The van der Waals surface area contributed by atoms with Gasteiger partial charge in [-0.1, -0.05) is 30.3 Å². The molecule has 0 bridgehead atoms. The standard InChI is InChI=1S/C18H18ClNO2/c19-18(21)20-11-5-7-15(13-20)14-6-4-10-17(12-14)22-16-8-2-1-3-9-16/h1-4,6,8-10,12,15H,5,7,11,13H2. The Balaban J connectivity index is 1.75. The smallest absolute Gasteiger partial charge is 0.316 e. The van der Waals surface area contributed by atoms with Crippen LogP contribution in [0, 0.1) is 0 Å². The number of hydrogen-bond donors (Lipinski definition) is 0. The lowest BCUT2D eigenvalue weighted by Gasteiger charge is -2.31. The van der Waals surface area contributed by atoms with Crippen molar-refractivity contribution in [3.05, 3.63) is 60.2 Å². The molecular formula is C18H18ClNO2. The molecule has 2 aromatic rings. The van der Waals surface area contributed by atoms with Gasteiger partial charge in [-0.3, -0.25) is 4.79 Å². The molecule has 0 radical (unpaired) electrons. The minimum absolute atomic E-state index is 0.316. The van der Waals surface area contributed by atoms with E-state index in [0.29, 0.717) is 12.5 Å². The third kappa shape index (κ3) is 3.60. The maximum Gasteiger partial charge on any atom is 0.316 e. The number of benzene rings is 2. The molecule has 1 heterocycles. The van der Waals surface area contributed by atoms with E-state index < -0.39 is 0 Å². The zero-order valence-electron chi connectivity index (χ0n) is 12.2. The third-order valence-corrected chi connectivity index (χ3v) is 4.22. The first kappa shape index (κ1) is 14.9. The van der Waals surface area contributed by atoms with Gasteiger partial charge in [-0.15, -0.1) is 0 Å². The average molecular weight is 316 g/mol. The number of piperidine rings is 1. The van der Waals surface area contributed by atoms with E-state index >= 15 is 0 Å². The van der Waals surface area contributed by atoms with E-state index in [1.54, 1.807) is 4.90 Å². The molecule has 0 N–H and O–H groups in total. The quantitative estimate of drug-likeness (QED) is 0.588. The topological polar surface area (TPSA) is 29.5 Å². The lowest BCUT2D eigenvalue weighted by atomic mass is 9.91. The van der Waals surface area contributed by atoms with Crippen LogP contribution >= 0.6 is 11.6 Å². The summed E-state index contributed by atoms with van der Waals surface area (Å²) in [6, 6.07) is 17.8. The van der Waals surface area contributed by atoms with E-state index in [9.17, 15) is 4.79 Å². The molecule has 1 aliphatic rings. The van der Waals surface area contributed by atoms with Gasteiger partial charge < -0.3 is 9.64 Å². The van der Waals surface area contributed by atoms with Crippen molar-refractivity contribution in [2.24, 2.45) is 0 Å². The summed E-state index contributed by atoms with van der Waals surface area (Å²) in [5.74, 6) is 1.95. The molecule has 0 aliphatic carbocycles. The largest absolute Gasteiger partial charge is 0.457 e. The lowest BCUT2D eigenvalue weighted by molar-refractivity contribution is 0.202.